The molecule has 1 heterocycles. The topological polar surface area (TPSA) is 32.7 Å². The van der Waals surface area contributed by atoms with Crippen molar-refractivity contribution in [3.63, 3.8) is 0 Å². The predicted octanol–water partition coefficient (Wildman–Crippen LogP) is 4.07. The summed E-state index contributed by atoms with van der Waals surface area (Å²) in [6, 6.07) is 16.0. The van der Waals surface area contributed by atoms with E-state index >= 15 is 0 Å². The minimum Gasteiger partial charge on any atom is -0.312 e. The van der Waals surface area contributed by atoms with E-state index in [1.165, 1.54) is 11.8 Å². The number of anilines is 1. The van der Waals surface area contributed by atoms with Crippen molar-refractivity contribution in [2.45, 2.75) is 13.8 Å². The smallest absolute Gasteiger partial charge is 0.216 e. The van der Waals surface area contributed by atoms with Gasteiger partial charge in [-0.05, 0) is 48.9 Å². The molecule has 21 heavy (non-hydrogen) atoms. The Labute approximate surface area is 128 Å². The lowest BCUT2D eigenvalue weighted by molar-refractivity contribution is -0.109. The van der Waals surface area contributed by atoms with Crippen molar-refractivity contribution in [3.8, 4) is 0 Å². The Morgan fingerprint density at radius 1 is 1.00 bits per heavy atom. The Hall–Kier alpha value is -2.07. The van der Waals surface area contributed by atoms with E-state index in [1.807, 2.05) is 67.3 Å². The molecule has 2 aromatic carbocycles. The molecule has 2 aromatic rings. The zero-order valence-electron chi connectivity index (χ0n) is 12.0. The maximum atomic E-state index is 11.9. The van der Waals surface area contributed by atoms with Gasteiger partial charge in [0.15, 0.2) is 5.17 Å². The fraction of sp³-hybridized carbons (Fsp3) is 0.176. The summed E-state index contributed by atoms with van der Waals surface area (Å²) in [5.41, 5.74) is 4.21. The first-order valence-electron chi connectivity index (χ1n) is 6.83. The third-order valence-corrected chi connectivity index (χ3v) is 4.31. The van der Waals surface area contributed by atoms with Gasteiger partial charge in [0.05, 0.1) is 12.2 Å². The van der Waals surface area contributed by atoms with Crippen molar-refractivity contribution < 1.29 is 4.79 Å². The highest BCUT2D eigenvalue weighted by Gasteiger charge is 2.29. The van der Waals surface area contributed by atoms with Gasteiger partial charge in [-0.15, -0.1) is 0 Å². The molecule has 0 saturated carbocycles. The van der Waals surface area contributed by atoms with Crippen molar-refractivity contribution in [1.82, 2.24) is 0 Å². The third kappa shape index (κ3) is 2.85. The summed E-state index contributed by atoms with van der Waals surface area (Å²) < 4.78 is 0. The van der Waals surface area contributed by atoms with Crippen LogP contribution in [0.15, 0.2) is 53.5 Å². The van der Waals surface area contributed by atoms with Gasteiger partial charge in [0.2, 0.25) is 5.12 Å². The van der Waals surface area contributed by atoms with Crippen LogP contribution in [0.1, 0.15) is 11.1 Å². The van der Waals surface area contributed by atoms with Crippen molar-refractivity contribution in [3.05, 3.63) is 59.7 Å². The maximum absolute atomic E-state index is 11.9. The van der Waals surface area contributed by atoms with E-state index in [0.717, 1.165) is 27.7 Å². The number of hydrogen-bond acceptors (Lipinski definition) is 3. The largest absolute Gasteiger partial charge is 0.312 e. The molecule has 0 unspecified atom stereocenters. The summed E-state index contributed by atoms with van der Waals surface area (Å²) in [6.07, 6.45) is 0. The molecule has 3 rings (SSSR count). The molecular weight excluding hydrogens is 280 g/mol. The molecule has 3 nitrogen and oxygen atoms in total. The first-order valence-corrected chi connectivity index (χ1v) is 7.65. The number of thioether (sulfide) groups is 1. The molecule has 0 N–H and O–H groups in total. The van der Waals surface area contributed by atoms with Gasteiger partial charge in [0, 0.05) is 5.69 Å². The third-order valence-electron chi connectivity index (χ3n) is 3.46. The molecule has 0 bridgehead atoms. The van der Waals surface area contributed by atoms with Gasteiger partial charge < -0.3 is 4.90 Å². The molecule has 0 radical (unpaired) electrons. The van der Waals surface area contributed by atoms with E-state index in [0.29, 0.717) is 6.54 Å². The van der Waals surface area contributed by atoms with Crippen LogP contribution in [-0.2, 0) is 4.79 Å². The van der Waals surface area contributed by atoms with E-state index in [1.54, 1.807) is 0 Å². The van der Waals surface area contributed by atoms with Crippen LogP contribution in [0, 0.1) is 13.8 Å². The van der Waals surface area contributed by atoms with E-state index in [2.05, 4.69) is 0 Å². The van der Waals surface area contributed by atoms with E-state index in [4.69, 9.17) is 4.99 Å². The molecule has 1 aliphatic heterocycles. The number of aryl methyl sites for hydroxylation is 2. The number of benzene rings is 2. The Morgan fingerprint density at radius 3 is 2.38 bits per heavy atom. The van der Waals surface area contributed by atoms with Crippen molar-refractivity contribution in [1.29, 1.82) is 0 Å². The van der Waals surface area contributed by atoms with Gasteiger partial charge in [-0.3, -0.25) is 4.79 Å². The van der Waals surface area contributed by atoms with Crippen LogP contribution < -0.4 is 4.90 Å². The average Bonchev–Trinajstić information content (AvgIpc) is 2.82. The average molecular weight is 296 g/mol. The number of carbonyl (C=O) groups is 1. The van der Waals surface area contributed by atoms with Gasteiger partial charge in [0.1, 0.15) is 0 Å². The van der Waals surface area contributed by atoms with E-state index < -0.39 is 0 Å². The number of carbonyl (C=O) groups excluding carboxylic acids is 1. The van der Waals surface area contributed by atoms with Crippen molar-refractivity contribution in [2.24, 2.45) is 4.99 Å². The molecular formula is C17H16N2OS. The zero-order chi connectivity index (χ0) is 14.8. The van der Waals surface area contributed by atoms with Crippen LogP contribution in [0.5, 0.6) is 0 Å². The van der Waals surface area contributed by atoms with Crippen LogP contribution in [0.25, 0.3) is 0 Å². The highest BCUT2D eigenvalue weighted by atomic mass is 32.2. The molecule has 1 saturated heterocycles. The minimum atomic E-state index is 0.130. The van der Waals surface area contributed by atoms with Gasteiger partial charge in [0.25, 0.3) is 0 Å². The number of nitrogens with zero attached hydrogens (tertiary/aromatic N) is 2. The lowest BCUT2D eigenvalue weighted by atomic mass is 10.2. The Kier molecular flexibility index (Phi) is 3.80. The number of aliphatic imine (C=N–C) groups is 1. The minimum absolute atomic E-state index is 0.130. The Balaban J connectivity index is 2.03. The molecule has 1 fully saturated rings. The van der Waals surface area contributed by atoms with Crippen LogP contribution in [0.2, 0.25) is 0 Å². The summed E-state index contributed by atoms with van der Waals surface area (Å²) in [7, 11) is 0. The second-order valence-electron chi connectivity index (χ2n) is 5.03. The van der Waals surface area contributed by atoms with E-state index in [9.17, 15) is 4.79 Å². The maximum Gasteiger partial charge on any atom is 0.216 e. The number of amidine groups is 1. The van der Waals surface area contributed by atoms with Crippen molar-refractivity contribution in [2.75, 3.05) is 11.4 Å². The van der Waals surface area contributed by atoms with Crippen molar-refractivity contribution >= 4 is 33.4 Å². The second-order valence-corrected chi connectivity index (χ2v) is 6.05. The fourth-order valence-corrected chi connectivity index (χ4v) is 3.13. The quantitative estimate of drug-likeness (QED) is 0.837. The van der Waals surface area contributed by atoms with E-state index in [-0.39, 0.29) is 5.12 Å². The Bertz CT molecular complexity index is 724. The number of rotatable bonds is 2. The summed E-state index contributed by atoms with van der Waals surface area (Å²) in [5.74, 6) is 0. The monoisotopic (exact) mass is 296 g/mol. The molecule has 1 aliphatic rings. The molecule has 0 amide bonds. The lowest BCUT2D eigenvalue weighted by Crippen LogP contribution is -2.25. The van der Waals surface area contributed by atoms with Crippen LogP contribution in [0.4, 0.5) is 11.4 Å². The van der Waals surface area contributed by atoms with Gasteiger partial charge in [-0.2, -0.15) is 0 Å². The highest BCUT2D eigenvalue weighted by molar-refractivity contribution is 8.27. The first kappa shape index (κ1) is 13.9. The number of hydrogen-bond donors (Lipinski definition) is 0. The van der Waals surface area contributed by atoms with Crippen LogP contribution >= 0.6 is 11.8 Å². The highest BCUT2D eigenvalue weighted by Crippen LogP contribution is 2.31. The summed E-state index contributed by atoms with van der Waals surface area (Å²) in [4.78, 5) is 18.6. The normalized spacial score (nSPS) is 16.8. The fourth-order valence-electron chi connectivity index (χ4n) is 2.32. The standard InChI is InChI=1S/C17H16N2OS/c1-12-7-3-5-9-14(12)18-17-19(11-16(20)21-17)15-10-6-4-8-13(15)2/h3-10H,11H2,1-2H3. The molecule has 0 atom stereocenters. The molecule has 0 aromatic heterocycles. The van der Waals surface area contributed by atoms with Gasteiger partial charge in [-0.1, -0.05) is 36.4 Å². The molecule has 0 spiro atoms. The van der Waals surface area contributed by atoms with Crippen LogP contribution in [-0.4, -0.2) is 16.8 Å². The summed E-state index contributed by atoms with van der Waals surface area (Å²) >= 11 is 1.22. The molecule has 4 heteroatoms. The Morgan fingerprint density at radius 2 is 1.67 bits per heavy atom. The zero-order valence-corrected chi connectivity index (χ0v) is 12.9. The van der Waals surface area contributed by atoms with Gasteiger partial charge >= 0.3 is 0 Å². The van der Waals surface area contributed by atoms with Gasteiger partial charge in [-0.25, -0.2) is 4.99 Å². The summed E-state index contributed by atoms with van der Waals surface area (Å²) in [5, 5.41) is 0.884. The second kappa shape index (κ2) is 5.74. The first-order chi connectivity index (χ1) is 10.1. The predicted molar refractivity (Wildman–Crippen MR) is 89.4 cm³/mol. The SMILES string of the molecule is Cc1ccccc1N=C1SC(=O)CN1c1ccccc1C. The number of para-hydroxylation sites is 2. The lowest BCUT2D eigenvalue weighted by Gasteiger charge is -2.19. The molecule has 106 valence electrons. The molecule has 0 aliphatic carbocycles. The summed E-state index contributed by atoms with van der Waals surface area (Å²) in [6.45, 7) is 4.45. The van der Waals surface area contributed by atoms with Crippen LogP contribution in [0.3, 0.4) is 0 Å².